The molecule has 1 aromatic carbocycles. The van der Waals surface area contributed by atoms with Crippen LogP contribution in [0.15, 0.2) is 16.7 Å². The molecule has 0 saturated carbocycles. The van der Waals surface area contributed by atoms with Gasteiger partial charge in [0.1, 0.15) is 0 Å². The zero-order valence-electron chi connectivity index (χ0n) is 10.3. The lowest BCUT2D eigenvalue weighted by molar-refractivity contribution is 0.425. The molecule has 0 saturated heterocycles. The Morgan fingerprint density at radius 3 is 2.89 bits per heavy atom. The average molecular weight is 318 g/mol. The SMILES string of the molecule is CCCSCc1noc(-c2cc(Cl)cc(Cl)c2N)n1. The molecule has 0 atom stereocenters. The molecule has 19 heavy (non-hydrogen) atoms. The number of thioether (sulfide) groups is 1. The van der Waals surface area contributed by atoms with Crippen molar-refractivity contribution < 1.29 is 4.52 Å². The van der Waals surface area contributed by atoms with E-state index in [4.69, 9.17) is 33.5 Å². The lowest BCUT2D eigenvalue weighted by Gasteiger charge is -2.03. The molecule has 0 aliphatic rings. The highest BCUT2D eigenvalue weighted by molar-refractivity contribution is 7.98. The smallest absolute Gasteiger partial charge is 0.260 e. The highest BCUT2D eigenvalue weighted by atomic mass is 35.5. The molecule has 0 amide bonds. The van der Waals surface area contributed by atoms with Crippen LogP contribution in [0.5, 0.6) is 0 Å². The minimum Gasteiger partial charge on any atom is -0.397 e. The summed E-state index contributed by atoms with van der Waals surface area (Å²) in [4.78, 5) is 4.30. The van der Waals surface area contributed by atoms with Crippen LogP contribution < -0.4 is 5.73 Å². The van der Waals surface area contributed by atoms with E-state index in [1.54, 1.807) is 23.9 Å². The van der Waals surface area contributed by atoms with Crippen molar-refractivity contribution in [1.29, 1.82) is 0 Å². The number of hydrogen-bond donors (Lipinski definition) is 1. The molecule has 0 bridgehead atoms. The van der Waals surface area contributed by atoms with Crippen molar-refractivity contribution in [3.63, 3.8) is 0 Å². The maximum atomic E-state index is 5.97. The van der Waals surface area contributed by atoms with Crippen molar-refractivity contribution in [3.05, 3.63) is 28.0 Å². The van der Waals surface area contributed by atoms with E-state index in [2.05, 4.69) is 17.1 Å². The molecule has 1 heterocycles. The zero-order chi connectivity index (χ0) is 13.8. The number of rotatable bonds is 5. The third-order valence-electron chi connectivity index (χ3n) is 2.37. The van der Waals surface area contributed by atoms with Crippen LogP contribution in [-0.2, 0) is 5.75 Å². The Balaban J connectivity index is 2.23. The van der Waals surface area contributed by atoms with E-state index in [9.17, 15) is 0 Å². The number of benzene rings is 1. The van der Waals surface area contributed by atoms with Crippen molar-refractivity contribution in [1.82, 2.24) is 10.1 Å². The Morgan fingerprint density at radius 1 is 1.37 bits per heavy atom. The maximum absolute atomic E-state index is 5.97. The molecule has 1 aromatic heterocycles. The molecule has 0 spiro atoms. The third-order valence-corrected chi connectivity index (χ3v) is 4.06. The topological polar surface area (TPSA) is 64.9 Å². The van der Waals surface area contributed by atoms with Gasteiger partial charge in [-0.1, -0.05) is 35.3 Å². The molecule has 2 N–H and O–H groups in total. The third kappa shape index (κ3) is 3.55. The van der Waals surface area contributed by atoms with E-state index >= 15 is 0 Å². The first-order valence-electron chi connectivity index (χ1n) is 5.77. The van der Waals surface area contributed by atoms with Gasteiger partial charge in [-0.3, -0.25) is 0 Å². The summed E-state index contributed by atoms with van der Waals surface area (Å²) in [5.41, 5.74) is 6.85. The lowest BCUT2D eigenvalue weighted by Crippen LogP contribution is -1.92. The van der Waals surface area contributed by atoms with Gasteiger partial charge in [0.05, 0.1) is 22.0 Å². The summed E-state index contributed by atoms with van der Waals surface area (Å²) in [7, 11) is 0. The Kier molecular flexibility index (Phi) is 4.96. The predicted octanol–water partition coefficient (Wildman–Crippen LogP) is 4.27. The van der Waals surface area contributed by atoms with Crippen LogP contribution in [0.2, 0.25) is 10.0 Å². The number of nitrogens with zero attached hydrogens (tertiary/aromatic N) is 2. The summed E-state index contributed by atoms with van der Waals surface area (Å²) < 4.78 is 5.20. The van der Waals surface area contributed by atoms with Crippen LogP contribution in [0, 0.1) is 0 Å². The van der Waals surface area contributed by atoms with Gasteiger partial charge < -0.3 is 10.3 Å². The monoisotopic (exact) mass is 317 g/mol. The van der Waals surface area contributed by atoms with Gasteiger partial charge in [-0.05, 0) is 24.3 Å². The number of hydrogen-bond acceptors (Lipinski definition) is 5. The van der Waals surface area contributed by atoms with E-state index in [-0.39, 0.29) is 0 Å². The molecule has 0 fully saturated rings. The number of nitrogen functional groups attached to an aromatic ring is 1. The number of anilines is 1. The zero-order valence-corrected chi connectivity index (χ0v) is 12.6. The van der Waals surface area contributed by atoms with Crippen molar-refractivity contribution in [2.24, 2.45) is 0 Å². The van der Waals surface area contributed by atoms with Crippen LogP contribution >= 0.6 is 35.0 Å². The second-order valence-corrected chi connectivity index (χ2v) is 5.87. The fraction of sp³-hybridized carbons (Fsp3) is 0.333. The lowest BCUT2D eigenvalue weighted by atomic mass is 10.2. The second kappa shape index (κ2) is 6.50. The van der Waals surface area contributed by atoms with Crippen molar-refractivity contribution >= 4 is 40.7 Å². The molecule has 7 heteroatoms. The minimum atomic E-state index is 0.342. The Bertz CT molecular complexity index is 574. The van der Waals surface area contributed by atoms with Crippen LogP contribution in [0.3, 0.4) is 0 Å². The van der Waals surface area contributed by atoms with Gasteiger partial charge in [-0.25, -0.2) is 0 Å². The maximum Gasteiger partial charge on any atom is 0.260 e. The van der Waals surface area contributed by atoms with E-state index in [0.717, 1.165) is 12.2 Å². The predicted molar refractivity (Wildman–Crippen MR) is 80.6 cm³/mol. The normalized spacial score (nSPS) is 10.9. The first kappa shape index (κ1) is 14.5. The molecule has 0 aliphatic heterocycles. The number of aromatic nitrogens is 2. The van der Waals surface area contributed by atoms with Gasteiger partial charge in [0.2, 0.25) is 0 Å². The van der Waals surface area contributed by atoms with Gasteiger partial charge in [0, 0.05) is 5.02 Å². The molecule has 4 nitrogen and oxygen atoms in total. The van der Waals surface area contributed by atoms with E-state index < -0.39 is 0 Å². The fourth-order valence-electron chi connectivity index (χ4n) is 1.49. The summed E-state index contributed by atoms with van der Waals surface area (Å²) in [6.45, 7) is 2.13. The quantitative estimate of drug-likeness (QED) is 0.659. The molecular weight excluding hydrogens is 305 g/mol. The van der Waals surface area contributed by atoms with E-state index in [1.807, 2.05) is 0 Å². The first-order chi connectivity index (χ1) is 9.11. The molecular formula is C12H13Cl2N3OS. The van der Waals surface area contributed by atoms with Crippen LogP contribution in [0.4, 0.5) is 5.69 Å². The Morgan fingerprint density at radius 2 is 2.16 bits per heavy atom. The number of halogens is 2. The first-order valence-corrected chi connectivity index (χ1v) is 7.68. The van der Waals surface area contributed by atoms with Gasteiger partial charge in [0.15, 0.2) is 5.82 Å². The number of nitrogens with two attached hydrogens (primary N) is 1. The van der Waals surface area contributed by atoms with E-state index in [0.29, 0.717) is 38.8 Å². The van der Waals surface area contributed by atoms with Crippen molar-refractivity contribution in [2.75, 3.05) is 11.5 Å². The standard InChI is InChI=1S/C12H13Cl2N3OS/c1-2-3-19-6-10-16-12(18-17-10)8-4-7(13)5-9(14)11(8)15/h4-5H,2-3,6,15H2,1H3. The van der Waals surface area contributed by atoms with Gasteiger partial charge in [-0.15, -0.1) is 0 Å². The molecule has 0 radical (unpaired) electrons. The molecule has 102 valence electrons. The van der Waals surface area contributed by atoms with Crippen LogP contribution in [0.25, 0.3) is 11.5 Å². The highest BCUT2D eigenvalue weighted by Gasteiger charge is 2.14. The van der Waals surface area contributed by atoms with Gasteiger partial charge in [0.25, 0.3) is 5.89 Å². The second-order valence-electron chi connectivity index (χ2n) is 3.92. The summed E-state index contributed by atoms with van der Waals surface area (Å²) in [5, 5.41) is 4.77. The van der Waals surface area contributed by atoms with Crippen LogP contribution in [0.1, 0.15) is 19.2 Å². The van der Waals surface area contributed by atoms with Gasteiger partial charge >= 0.3 is 0 Å². The van der Waals surface area contributed by atoms with Gasteiger partial charge in [-0.2, -0.15) is 16.7 Å². The average Bonchev–Trinajstić information content (AvgIpc) is 2.83. The van der Waals surface area contributed by atoms with E-state index in [1.165, 1.54) is 0 Å². The molecule has 0 aliphatic carbocycles. The van der Waals surface area contributed by atoms with Crippen molar-refractivity contribution in [2.45, 2.75) is 19.1 Å². The highest BCUT2D eigenvalue weighted by Crippen LogP contribution is 2.34. The molecule has 2 aromatic rings. The summed E-state index contributed by atoms with van der Waals surface area (Å²) in [5.74, 6) is 2.76. The minimum absolute atomic E-state index is 0.342. The van der Waals surface area contributed by atoms with Crippen LogP contribution in [-0.4, -0.2) is 15.9 Å². The summed E-state index contributed by atoms with van der Waals surface area (Å²) in [6.07, 6.45) is 1.12. The largest absolute Gasteiger partial charge is 0.397 e. The molecule has 2 rings (SSSR count). The Labute approximate surface area is 125 Å². The summed E-state index contributed by atoms with van der Waals surface area (Å²) >= 11 is 13.7. The fourth-order valence-corrected chi connectivity index (χ4v) is 2.72. The van der Waals surface area contributed by atoms with Crippen molar-refractivity contribution in [3.8, 4) is 11.5 Å². The summed E-state index contributed by atoms with van der Waals surface area (Å²) in [6, 6.07) is 3.25. The Hall–Kier alpha value is -0.910. The molecule has 0 unspecified atom stereocenters.